The van der Waals surface area contributed by atoms with E-state index in [9.17, 15) is 8.42 Å². The van der Waals surface area contributed by atoms with Crippen LogP contribution in [0.5, 0.6) is 0 Å². The molecule has 0 aliphatic carbocycles. The number of hydrogen-bond acceptors (Lipinski definition) is 6. The topological polar surface area (TPSA) is 50.3 Å². The SMILES string of the molecule is O=S(=O)(c1ccccc1)N(CN1CCN(c2ccccc2)CC1)CN1CCN(c2ccccc2)CC1. The van der Waals surface area contributed by atoms with Gasteiger partial charge in [0.1, 0.15) is 0 Å². The van der Waals surface area contributed by atoms with Crippen molar-refractivity contribution in [2.75, 3.05) is 75.5 Å². The van der Waals surface area contributed by atoms with Crippen molar-refractivity contribution in [3.8, 4) is 0 Å². The molecule has 0 N–H and O–H groups in total. The summed E-state index contributed by atoms with van der Waals surface area (Å²) >= 11 is 0. The Bertz CT molecular complexity index is 1120. The normalized spacial score (nSPS) is 18.0. The maximum absolute atomic E-state index is 13.7. The highest BCUT2D eigenvalue weighted by Gasteiger charge is 2.30. The fourth-order valence-corrected chi connectivity index (χ4v) is 6.39. The van der Waals surface area contributed by atoms with Crippen LogP contribution in [0.25, 0.3) is 0 Å². The third-order valence-corrected chi connectivity index (χ3v) is 8.86. The lowest BCUT2D eigenvalue weighted by atomic mass is 10.2. The molecule has 8 heteroatoms. The Hall–Kier alpha value is -2.91. The van der Waals surface area contributed by atoms with Crippen LogP contribution in [0.1, 0.15) is 0 Å². The van der Waals surface area contributed by atoms with Crippen molar-refractivity contribution in [2.45, 2.75) is 4.90 Å². The molecule has 0 amide bonds. The van der Waals surface area contributed by atoms with E-state index in [4.69, 9.17) is 0 Å². The van der Waals surface area contributed by atoms with Gasteiger partial charge in [-0.15, -0.1) is 0 Å². The minimum atomic E-state index is -3.61. The van der Waals surface area contributed by atoms with Gasteiger partial charge in [-0.1, -0.05) is 54.6 Å². The summed E-state index contributed by atoms with van der Waals surface area (Å²) in [6.07, 6.45) is 0. The highest BCUT2D eigenvalue weighted by molar-refractivity contribution is 7.89. The largest absolute Gasteiger partial charge is 0.369 e. The molecule has 3 aromatic carbocycles. The maximum atomic E-state index is 13.7. The van der Waals surface area contributed by atoms with Crippen LogP contribution >= 0.6 is 0 Å². The molecule has 3 aromatic rings. The van der Waals surface area contributed by atoms with Gasteiger partial charge in [-0.3, -0.25) is 9.80 Å². The van der Waals surface area contributed by atoms with Crippen molar-refractivity contribution >= 4 is 21.4 Å². The molecule has 0 aromatic heterocycles. The second-order valence-corrected chi connectivity index (χ2v) is 11.4. The molecule has 2 saturated heterocycles. The Morgan fingerprint density at radius 3 is 1.28 bits per heavy atom. The molecule has 190 valence electrons. The van der Waals surface area contributed by atoms with E-state index in [0.717, 1.165) is 52.4 Å². The monoisotopic (exact) mass is 505 g/mol. The molecule has 0 bridgehead atoms. The van der Waals surface area contributed by atoms with Gasteiger partial charge >= 0.3 is 0 Å². The molecule has 5 rings (SSSR count). The molecule has 0 atom stereocenters. The van der Waals surface area contributed by atoms with Crippen molar-refractivity contribution < 1.29 is 8.42 Å². The Morgan fingerprint density at radius 1 is 0.528 bits per heavy atom. The number of piperazine rings is 2. The fraction of sp³-hybridized carbons (Fsp3) is 0.357. The van der Waals surface area contributed by atoms with Crippen molar-refractivity contribution in [2.24, 2.45) is 0 Å². The Balaban J connectivity index is 1.25. The molecule has 0 spiro atoms. The van der Waals surface area contributed by atoms with Crippen molar-refractivity contribution in [1.29, 1.82) is 0 Å². The lowest BCUT2D eigenvalue weighted by molar-refractivity contribution is 0.122. The van der Waals surface area contributed by atoms with Crippen LogP contribution in [0.15, 0.2) is 95.9 Å². The van der Waals surface area contributed by atoms with Gasteiger partial charge in [-0.05, 0) is 36.4 Å². The molecule has 36 heavy (non-hydrogen) atoms. The molecule has 2 heterocycles. The number of benzene rings is 3. The Kier molecular flexibility index (Phi) is 7.87. The van der Waals surface area contributed by atoms with Gasteiger partial charge in [-0.2, -0.15) is 4.31 Å². The fourth-order valence-electron chi connectivity index (χ4n) is 4.96. The quantitative estimate of drug-likeness (QED) is 0.469. The lowest BCUT2D eigenvalue weighted by Gasteiger charge is -2.41. The molecular formula is C28H35N5O2S. The van der Waals surface area contributed by atoms with Crippen molar-refractivity contribution in [1.82, 2.24) is 14.1 Å². The number of sulfonamides is 1. The van der Waals surface area contributed by atoms with E-state index < -0.39 is 10.0 Å². The van der Waals surface area contributed by atoms with Gasteiger partial charge < -0.3 is 9.80 Å². The first-order valence-corrected chi connectivity index (χ1v) is 14.1. The van der Waals surface area contributed by atoms with E-state index in [1.807, 2.05) is 18.2 Å². The van der Waals surface area contributed by atoms with Crippen LogP contribution < -0.4 is 9.80 Å². The second kappa shape index (κ2) is 11.4. The van der Waals surface area contributed by atoms with E-state index in [-0.39, 0.29) is 0 Å². The van der Waals surface area contributed by atoms with Gasteiger partial charge in [0.05, 0.1) is 18.2 Å². The zero-order chi connectivity index (χ0) is 24.8. The third-order valence-electron chi connectivity index (χ3n) is 7.08. The van der Waals surface area contributed by atoms with Crippen molar-refractivity contribution in [3.63, 3.8) is 0 Å². The first-order valence-electron chi connectivity index (χ1n) is 12.7. The Morgan fingerprint density at radius 2 is 0.889 bits per heavy atom. The van der Waals surface area contributed by atoms with Crippen LogP contribution in [-0.2, 0) is 10.0 Å². The van der Waals surface area contributed by atoms with Gasteiger partial charge in [0.2, 0.25) is 10.0 Å². The zero-order valence-corrected chi connectivity index (χ0v) is 21.5. The Labute approximate surface area is 215 Å². The summed E-state index contributed by atoms with van der Waals surface area (Å²) in [4.78, 5) is 9.63. The van der Waals surface area contributed by atoms with Gasteiger partial charge in [0.25, 0.3) is 0 Å². The summed E-state index contributed by atoms with van der Waals surface area (Å²) in [5.74, 6) is 0. The predicted octanol–water partition coefficient (Wildman–Crippen LogP) is 3.24. The molecule has 7 nitrogen and oxygen atoms in total. The second-order valence-electron chi connectivity index (χ2n) is 9.43. The van der Waals surface area contributed by atoms with Gasteiger partial charge in [0.15, 0.2) is 0 Å². The summed E-state index contributed by atoms with van der Waals surface area (Å²) < 4.78 is 29.1. The standard InChI is InChI=1S/C28H35N5O2S/c34-36(35,28-14-8-3-9-15-28)33(24-29-16-20-31(21-17-29)26-10-4-1-5-11-26)25-30-18-22-32(23-19-30)27-12-6-2-7-13-27/h1-15H,16-25H2. The van der Waals surface area contributed by atoms with E-state index in [1.165, 1.54) is 11.4 Å². The molecule has 0 radical (unpaired) electrons. The lowest BCUT2D eigenvalue weighted by Crippen LogP contribution is -2.55. The van der Waals surface area contributed by atoms with E-state index >= 15 is 0 Å². The minimum Gasteiger partial charge on any atom is -0.369 e. The maximum Gasteiger partial charge on any atom is 0.245 e. The molecule has 2 fully saturated rings. The smallest absolute Gasteiger partial charge is 0.245 e. The first-order chi connectivity index (χ1) is 17.6. The number of hydrogen-bond donors (Lipinski definition) is 0. The molecule has 0 unspecified atom stereocenters. The summed E-state index contributed by atoms with van der Waals surface area (Å²) in [7, 11) is -3.61. The summed E-state index contributed by atoms with van der Waals surface area (Å²) in [6.45, 7) is 7.68. The van der Waals surface area contributed by atoms with E-state index in [0.29, 0.717) is 18.2 Å². The average molecular weight is 506 g/mol. The molecule has 2 aliphatic rings. The molecular weight excluding hydrogens is 470 g/mol. The highest BCUT2D eigenvalue weighted by atomic mass is 32.2. The summed E-state index contributed by atoms with van der Waals surface area (Å²) in [6, 6.07) is 29.7. The van der Waals surface area contributed by atoms with Gasteiger partial charge in [0, 0.05) is 63.7 Å². The predicted molar refractivity (Wildman–Crippen MR) is 146 cm³/mol. The highest BCUT2D eigenvalue weighted by Crippen LogP contribution is 2.21. The average Bonchev–Trinajstić information content (AvgIpc) is 2.95. The third kappa shape index (κ3) is 5.90. The number of para-hydroxylation sites is 2. The van der Waals surface area contributed by atoms with Crippen LogP contribution in [0.2, 0.25) is 0 Å². The zero-order valence-electron chi connectivity index (χ0n) is 20.7. The van der Waals surface area contributed by atoms with Crippen LogP contribution in [0.4, 0.5) is 11.4 Å². The summed E-state index contributed by atoms with van der Waals surface area (Å²) in [5, 5.41) is 0. The van der Waals surface area contributed by atoms with Crippen LogP contribution in [0, 0.1) is 0 Å². The van der Waals surface area contributed by atoms with Crippen LogP contribution in [-0.4, -0.2) is 88.2 Å². The minimum absolute atomic E-state index is 0.357. The van der Waals surface area contributed by atoms with E-state index in [1.54, 1.807) is 28.6 Å². The number of nitrogens with zero attached hydrogens (tertiary/aromatic N) is 5. The van der Waals surface area contributed by atoms with Gasteiger partial charge in [-0.25, -0.2) is 8.42 Å². The van der Waals surface area contributed by atoms with Crippen LogP contribution in [0.3, 0.4) is 0 Å². The van der Waals surface area contributed by atoms with E-state index in [2.05, 4.69) is 68.1 Å². The molecule has 2 aliphatic heterocycles. The molecule has 0 saturated carbocycles. The number of rotatable bonds is 8. The first kappa shape index (κ1) is 24.8. The summed E-state index contributed by atoms with van der Waals surface area (Å²) in [5.41, 5.74) is 2.45. The number of anilines is 2. The van der Waals surface area contributed by atoms with Crippen molar-refractivity contribution in [3.05, 3.63) is 91.0 Å².